The van der Waals surface area contributed by atoms with Crippen molar-refractivity contribution in [1.82, 2.24) is 19.2 Å². The van der Waals surface area contributed by atoms with E-state index in [1.54, 1.807) is 7.11 Å². The van der Waals surface area contributed by atoms with Gasteiger partial charge in [0.1, 0.15) is 11.6 Å². The largest absolute Gasteiger partial charge is 0.495 e. The first-order valence-electron chi connectivity index (χ1n) is 8.49. The van der Waals surface area contributed by atoms with Gasteiger partial charge in [-0.3, -0.25) is 4.90 Å². The molecule has 7 heteroatoms. The van der Waals surface area contributed by atoms with E-state index in [1.807, 2.05) is 34.4 Å². The first kappa shape index (κ1) is 17.7. The minimum Gasteiger partial charge on any atom is -0.495 e. The van der Waals surface area contributed by atoms with Crippen LogP contribution in [0.4, 0.5) is 5.69 Å². The quantitative estimate of drug-likeness (QED) is 0.586. The van der Waals surface area contributed by atoms with Crippen LogP contribution in [0.2, 0.25) is 0 Å². The molecule has 0 unspecified atom stereocenters. The average molecular weight is 359 g/mol. The van der Waals surface area contributed by atoms with Crippen molar-refractivity contribution in [2.75, 3.05) is 38.2 Å². The number of ether oxygens (including phenoxy) is 1. The van der Waals surface area contributed by atoms with Crippen LogP contribution in [0.3, 0.4) is 0 Å². The van der Waals surface area contributed by atoms with Gasteiger partial charge in [0.2, 0.25) is 0 Å². The smallest absolute Gasteiger partial charge is 0.199 e. The molecular formula is C18H25N5OS. The van der Waals surface area contributed by atoms with Gasteiger partial charge in [-0.25, -0.2) is 4.68 Å². The molecule has 25 heavy (non-hydrogen) atoms. The van der Waals surface area contributed by atoms with E-state index in [0.717, 1.165) is 54.9 Å². The molecule has 1 saturated heterocycles. The maximum Gasteiger partial charge on any atom is 0.199 e. The summed E-state index contributed by atoms with van der Waals surface area (Å²) in [6.07, 6.45) is 1.85. The van der Waals surface area contributed by atoms with Gasteiger partial charge in [0.25, 0.3) is 0 Å². The van der Waals surface area contributed by atoms with Crippen LogP contribution in [0.15, 0.2) is 36.9 Å². The number of aromatic nitrogens is 3. The van der Waals surface area contributed by atoms with Crippen LogP contribution in [0, 0.1) is 11.7 Å². The maximum atomic E-state index is 5.54. The summed E-state index contributed by atoms with van der Waals surface area (Å²) in [5, 5.41) is 4.58. The number of hydrogen-bond acceptors (Lipinski definition) is 5. The van der Waals surface area contributed by atoms with Crippen LogP contribution in [0.25, 0.3) is 0 Å². The monoisotopic (exact) mass is 359 g/mol. The van der Waals surface area contributed by atoms with Gasteiger partial charge in [0.15, 0.2) is 4.77 Å². The molecule has 0 N–H and O–H groups in total. The Morgan fingerprint density at radius 2 is 1.96 bits per heavy atom. The Labute approximate surface area is 153 Å². The second-order valence-electron chi connectivity index (χ2n) is 6.15. The summed E-state index contributed by atoms with van der Waals surface area (Å²) in [6, 6.07) is 8.18. The minimum absolute atomic E-state index is 0.701. The zero-order valence-corrected chi connectivity index (χ0v) is 15.7. The molecule has 1 aromatic carbocycles. The molecule has 0 radical (unpaired) electrons. The van der Waals surface area contributed by atoms with Crippen molar-refractivity contribution >= 4 is 17.9 Å². The van der Waals surface area contributed by atoms with Gasteiger partial charge in [0.05, 0.1) is 19.5 Å². The predicted octanol–water partition coefficient (Wildman–Crippen LogP) is 2.70. The number of anilines is 1. The summed E-state index contributed by atoms with van der Waals surface area (Å²) >= 11 is 5.54. The predicted molar refractivity (Wildman–Crippen MR) is 103 cm³/mol. The van der Waals surface area contributed by atoms with Crippen molar-refractivity contribution in [3.63, 3.8) is 0 Å². The minimum atomic E-state index is 0.701. The lowest BCUT2D eigenvalue weighted by molar-refractivity contribution is 0.193. The molecule has 0 bridgehead atoms. The topological polar surface area (TPSA) is 38.5 Å². The van der Waals surface area contributed by atoms with Crippen molar-refractivity contribution in [1.29, 1.82) is 0 Å². The Morgan fingerprint density at radius 3 is 2.64 bits per heavy atom. The molecule has 0 amide bonds. The Kier molecular flexibility index (Phi) is 5.55. The third-order valence-electron chi connectivity index (χ3n) is 4.55. The number of hydrogen-bond donors (Lipinski definition) is 0. The van der Waals surface area contributed by atoms with Gasteiger partial charge in [0, 0.05) is 32.7 Å². The highest BCUT2D eigenvalue weighted by atomic mass is 32.1. The highest BCUT2D eigenvalue weighted by Gasteiger charge is 2.20. The standard InChI is InChI=1S/C18H25N5OS/c1-4-9-22-15(2)19-23(18(22)25)14-20-10-12-21(13-11-20)16-7-5-6-8-17(16)24-3/h4-8H,1,9-14H2,2-3H3. The van der Waals surface area contributed by atoms with E-state index in [9.17, 15) is 0 Å². The molecule has 1 fully saturated rings. The Bertz CT molecular complexity index is 789. The van der Waals surface area contributed by atoms with Crippen LogP contribution in [-0.2, 0) is 13.2 Å². The van der Waals surface area contributed by atoms with Crippen LogP contribution < -0.4 is 9.64 Å². The number of benzene rings is 1. The molecule has 6 nitrogen and oxygen atoms in total. The molecule has 0 atom stereocenters. The van der Waals surface area contributed by atoms with Crippen molar-refractivity contribution in [3.05, 3.63) is 47.5 Å². The van der Waals surface area contributed by atoms with E-state index in [4.69, 9.17) is 17.0 Å². The van der Waals surface area contributed by atoms with E-state index in [1.165, 1.54) is 0 Å². The lowest BCUT2D eigenvalue weighted by Crippen LogP contribution is -2.47. The Balaban J connectivity index is 1.64. The highest BCUT2D eigenvalue weighted by molar-refractivity contribution is 7.71. The molecule has 0 spiro atoms. The SMILES string of the molecule is C=CCn1c(C)nn(CN2CCN(c3ccccc3OC)CC2)c1=S. The van der Waals surface area contributed by atoms with E-state index in [0.29, 0.717) is 6.54 Å². The number of rotatable bonds is 6. The van der Waals surface area contributed by atoms with E-state index in [-0.39, 0.29) is 0 Å². The summed E-state index contributed by atoms with van der Waals surface area (Å²) in [5.74, 6) is 1.86. The summed E-state index contributed by atoms with van der Waals surface area (Å²) < 4.78 is 10.2. The number of allylic oxidation sites excluding steroid dienone is 1. The summed E-state index contributed by atoms with van der Waals surface area (Å²) in [4.78, 5) is 4.75. The highest BCUT2D eigenvalue weighted by Crippen LogP contribution is 2.28. The van der Waals surface area contributed by atoms with Crippen molar-refractivity contribution < 1.29 is 4.74 Å². The van der Waals surface area contributed by atoms with Crippen LogP contribution in [-0.4, -0.2) is 52.5 Å². The molecule has 1 aromatic heterocycles. The average Bonchev–Trinajstić information content (AvgIpc) is 2.90. The number of nitrogens with zero attached hydrogens (tertiary/aromatic N) is 5. The molecule has 0 aliphatic carbocycles. The van der Waals surface area contributed by atoms with E-state index < -0.39 is 0 Å². The molecule has 3 rings (SSSR count). The van der Waals surface area contributed by atoms with Gasteiger partial charge in [-0.15, -0.1) is 6.58 Å². The van der Waals surface area contributed by atoms with Gasteiger partial charge in [-0.1, -0.05) is 18.2 Å². The number of piperazine rings is 1. The fraction of sp³-hybridized carbons (Fsp3) is 0.444. The molecule has 1 aliphatic rings. The zero-order chi connectivity index (χ0) is 17.8. The molecule has 134 valence electrons. The third-order valence-corrected chi connectivity index (χ3v) is 4.98. The molecule has 0 saturated carbocycles. The van der Waals surface area contributed by atoms with Crippen LogP contribution in [0.1, 0.15) is 5.82 Å². The van der Waals surface area contributed by atoms with Gasteiger partial charge in [-0.05, 0) is 31.3 Å². The summed E-state index contributed by atoms with van der Waals surface area (Å²) in [7, 11) is 1.72. The number of para-hydroxylation sites is 2. The maximum absolute atomic E-state index is 5.54. The summed E-state index contributed by atoms with van der Waals surface area (Å²) in [5.41, 5.74) is 1.16. The fourth-order valence-electron chi connectivity index (χ4n) is 3.19. The van der Waals surface area contributed by atoms with Gasteiger partial charge >= 0.3 is 0 Å². The van der Waals surface area contributed by atoms with Crippen molar-refractivity contribution in [3.8, 4) is 5.75 Å². The fourth-order valence-corrected chi connectivity index (χ4v) is 3.50. The van der Waals surface area contributed by atoms with Gasteiger partial charge in [-0.2, -0.15) is 5.10 Å². The van der Waals surface area contributed by atoms with Crippen molar-refractivity contribution in [2.45, 2.75) is 20.1 Å². The third kappa shape index (κ3) is 3.77. The number of aryl methyl sites for hydroxylation is 1. The van der Waals surface area contributed by atoms with Crippen LogP contribution in [0.5, 0.6) is 5.75 Å². The number of methoxy groups -OCH3 is 1. The lowest BCUT2D eigenvalue weighted by Gasteiger charge is -2.36. The summed E-state index contributed by atoms with van der Waals surface area (Å²) in [6.45, 7) is 11.0. The zero-order valence-electron chi connectivity index (χ0n) is 14.9. The second-order valence-corrected chi connectivity index (χ2v) is 6.51. The van der Waals surface area contributed by atoms with E-state index >= 15 is 0 Å². The molecule has 2 heterocycles. The first-order valence-corrected chi connectivity index (χ1v) is 8.90. The molecule has 1 aliphatic heterocycles. The first-order chi connectivity index (χ1) is 12.1. The Hall–Kier alpha value is -2.12. The van der Waals surface area contributed by atoms with Crippen molar-refractivity contribution in [2.24, 2.45) is 0 Å². The normalized spacial score (nSPS) is 15.4. The Morgan fingerprint density at radius 1 is 1.24 bits per heavy atom. The second kappa shape index (κ2) is 7.84. The lowest BCUT2D eigenvalue weighted by atomic mass is 10.2. The molecular weight excluding hydrogens is 334 g/mol. The van der Waals surface area contributed by atoms with Crippen LogP contribution >= 0.6 is 12.2 Å². The van der Waals surface area contributed by atoms with E-state index in [2.05, 4.69) is 33.6 Å². The molecule has 2 aromatic rings. The van der Waals surface area contributed by atoms with Gasteiger partial charge < -0.3 is 14.2 Å².